The number of amides is 1. The van der Waals surface area contributed by atoms with Gasteiger partial charge in [-0.05, 0) is 44.4 Å². The highest BCUT2D eigenvalue weighted by Gasteiger charge is 2.42. The summed E-state index contributed by atoms with van der Waals surface area (Å²) in [7, 11) is 0. The molecule has 2 aliphatic rings. The molecular weight excluding hydrogens is 408 g/mol. The van der Waals surface area contributed by atoms with Gasteiger partial charge < -0.3 is 20.3 Å². The van der Waals surface area contributed by atoms with E-state index in [1.54, 1.807) is 0 Å². The molecule has 2 heterocycles. The van der Waals surface area contributed by atoms with Crippen molar-refractivity contribution in [2.24, 2.45) is 10.4 Å². The Bertz CT molecular complexity index is 701. The van der Waals surface area contributed by atoms with Crippen LogP contribution in [0, 0.1) is 12.3 Å². The molecule has 0 aliphatic carbocycles. The minimum Gasteiger partial charge on any atom is -0.381 e. The first kappa shape index (κ1) is 20.1. The Morgan fingerprint density at radius 1 is 1.41 bits per heavy atom. The number of ether oxygens (including phenoxy) is 1. The molecule has 1 atom stereocenters. The zero-order valence-electron chi connectivity index (χ0n) is 16.2. The summed E-state index contributed by atoms with van der Waals surface area (Å²) < 4.78 is 6.57. The third-order valence-corrected chi connectivity index (χ3v) is 5.83. The number of likely N-dealkylation sites (tertiary alicyclic amines) is 1. The number of guanidine groups is 1. The number of aliphatic imine (C=N–C) groups is 1. The summed E-state index contributed by atoms with van der Waals surface area (Å²) in [6.45, 7) is 9.07. The van der Waals surface area contributed by atoms with Gasteiger partial charge in [-0.3, -0.25) is 9.79 Å². The van der Waals surface area contributed by atoms with Gasteiger partial charge in [0.1, 0.15) is 0 Å². The SMILES string of the molecule is CCNC(=NCCC(=O)Nc1cc(Br)ccc1C)N1CCC2(CCOC2)C1. The van der Waals surface area contributed by atoms with E-state index < -0.39 is 0 Å². The van der Waals surface area contributed by atoms with E-state index in [9.17, 15) is 4.79 Å². The number of aryl methyl sites for hydroxylation is 1. The molecule has 6 nitrogen and oxygen atoms in total. The number of carbonyl (C=O) groups is 1. The van der Waals surface area contributed by atoms with Gasteiger partial charge in [0.05, 0.1) is 13.2 Å². The van der Waals surface area contributed by atoms with Crippen molar-refractivity contribution in [3.63, 3.8) is 0 Å². The Morgan fingerprint density at radius 2 is 2.26 bits per heavy atom. The molecule has 0 bridgehead atoms. The molecule has 3 rings (SSSR count). The van der Waals surface area contributed by atoms with Gasteiger partial charge >= 0.3 is 0 Å². The summed E-state index contributed by atoms with van der Waals surface area (Å²) in [5, 5.41) is 6.35. The molecule has 7 heteroatoms. The van der Waals surface area contributed by atoms with Crippen LogP contribution in [0.5, 0.6) is 0 Å². The van der Waals surface area contributed by atoms with Crippen molar-refractivity contribution in [3.05, 3.63) is 28.2 Å². The molecule has 0 radical (unpaired) electrons. The Balaban J connectivity index is 1.54. The summed E-state index contributed by atoms with van der Waals surface area (Å²) in [4.78, 5) is 19.3. The minimum atomic E-state index is -0.0158. The highest BCUT2D eigenvalue weighted by atomic mass is 79.9. The van der Waals surface area contributed by atoms with Crippen LogP contribution < -0.4 is 10.6 Å². The average Bonchev–Trinajstić information content (AvgIpc) is 3.27. The Kier molecular flexibility index (Phi) is 6.76. The standard InChI is InChI=1S/C20H29BrN4O2/c1-3-22-19(25-10-7-20(13-25)8-11-27-14-20)23-9-6-18(26)24-17-12-16(21)5-4-15(17)2/h4-5,12H,3,6-11,13-14H2,1-2H3,(H,22,23)(H,24,26). The van der Waals surface area contributed by atoms with Gasteiger partial charge in [-0.25, -0.2) is 0 Å². The van der Waals surface area contributed by atoms with E-state index in [0.717, 1.165) is 67.4 Å². The third-order valence-electron chi connectivity index (χ3n) is 5.33. The van der Waals surface area contributed by atoms with Crippen molar-refractivity contribution in [2.75, 3.05) is 44.7 Å². The van der Waals surface area contributed by atoms with Crippen molar-refractivity contribution in [1.29, 1.82) is 0 Å². The topological polar surface area (TPSA) is 66.0 Å². The number of nitrogens with zero attached hydrogens (tertiary/aromatic N) is 2. The molecule has 27 heavy (non-hydrogen) atoms. The predicted molar refractivity (Wildman–Crippen MR) is 112 cm³/mol. The number of benzene rings is 1. The summed E-state index contributed by atoms with van der Waals surface area (Å²) in [5.41, 5.74) is 2.18. The lowest BCUT2D eigenvalue weighted by atomic mass is 9.87. The van der Waals surface area contributed by atoms with E-state index in [2.05, 4.69) is 38.4 Å². The normalized spacial score (nSPS) is 22.5. The summed E-state index contributed by atoms with van der Waals surface area (Å²) in [5.74, 6) is 0.894. The maximum atomic E-state index is 12.3. The van der Waals surface area contributed by atoms with E-state index in [1.165, 1.54) is 0 Å². The zero-order chi connectivity index (χ0) is 19.3. The first-order valence-corrected chi connectivity index (χ1v) is 10.5. The first-order valence-electron chi connectivity index (χ1n) is 9.68. The quantitative estimate of drug-likeness (QED) is 0.549. The Hall–Kier alpha value is -1.60. The maximum absolute atomic E-state index is 12.3. The van der Waals surface area contributed by atoms with Crippen LogP contribution in [0.1, 0.15) is 31.7 Å². The van der Waals surface area contributed by atoms with Crippen LogP contribution in [-0.2, 0) is 9.53 Å². The van der Waals surface area contributed by atoms with E-state index >= 15 is 0 Å². The van der Waals surface area contributed by atoms with E-state index in [4.69, 9.17) is 9.73 Å². The summed E-state index contributed by atoms with van der Waals surface area (Å²) >= 11 is 3.44. The second kappa shape index (κ2) is 9.06. The van der Waals surface area contributed by atoms with Crippen molar-refractivity contribution < 1.29 is 9.53 Å². The molecule has 1 spiro atoms. The van der Waals surface area contributed by atoms with Gasteiger partial charge in [-0.2, -0.15) is 0 Å². The van der Waals surface area contributed by atoms with Gasteiger partial charge in [-0.15, -0.1) is 0 Å². The third kappa shape index (κ3) is 5.23. The first-order chi connectivity index (χ1) is 13.0. The number of hydrogen-bond donors (Lipinski definition) is 2. The Labute approximate surface area is 169 Å². The fraction of sp³-hybridized carbons (Fsp3) is 0.600. The number of carbonyl (C=O) groups excluding carboxylic acids is 1. The van der Waals surface area contributed by atoms with Crippen LogP contribution >= 0.6 is 15.9 Å². The summed E-state index contributed by atoms with van der Waals surface area (Å²) in [6.07, 6.45) is 2.65. The maximum Gasteiger partial charge on any atom is 0.226 e. The monoisotopic (exact) mass is 436 g/mol. The number of anilines is 1. The lowest BCUT2D eigenvalue weighted by Crippen LogP contribution is -2.41. The van der Waals surface area contributed by atoms with Crippen LogP contribution in [0.25, 0.3) is 0 Å². The molecular formula is C20H29BrN4O2. The van der Waals surface area contributed by atoms with Gasteiger partial charge in [0, 0.05) is 48.2 Å². The smallest absolute Gasteiger partial charge is 0.226 e. The zero-order valence-corrected chi connectivity index (χ0v) is 17.8. The number of nitrogens with one attached hydrogen (secondary N) is 2. The molecule has 1 amide bonds. The van der Waals surface area contributed by atoms with Gasteiger partial charge in [0.15, 0.2) is 5.96 Å². The van der Waals surface area contributed by atoms with Crippen LogP contribution in [0.4, 0.5) is 5.69 Å². The predicted octanol–water partition coefficient (Wildman–Crippen LogP) is 3.16. The molecule has 2 aliphatic heterocycles. The lowest BCUT2D eigenvalue weighted by Gasteiger charge is -2.24. The largest absolute Gasteiger partial charge is 0.381 e. The van der Waals surface area contributed by atoms with Gasteiger partial charge in [-0.1, -0.05) is 22.0 Å². The summed E-state index contributed by atoms with van der Waals surface area (Å²) in [6, 6.07) is 5.88. The highest BCUT2D eigenvalue weighted by molar-refractivity contribution is 9.10. The molecule has 2 fully saturated rings. The number of rotatable bonds is 5. The van der Waals surface area contributed by atoms with Crippen LogP contribution in [0.2, 0.25) is 0 Å². The van der Waals surface area contributed by atoms with Crippen LogP contribution in [0.15, 0.2) is 27.7 Å². The molecule has 0 aromatic heterocycles. The van der Waals surface area contributed by atoms with Gasteiger partial charge in [0.25, 0.3) is 0 Å². The molecule has 0 saturated carbocycles. The molecule has 1 aromatic rings. The lowest BCUT2D eigenvalue weighted by molar-refractivity contribution is -0.116. The molecule has 148 valence electrons. The highest BCUT2D eigenvalue weighted by Crippen LogP contribution is 2.38. The van der Waals surface area contributed by atoms with Crippen molar-refractivity contribution in [1.82, 2.24) is 10.2 Å². The van der Waals surface area contributed by atoms with Crippen molar-refractivity contribution >= 4 is 33.5 Å². The Morgan fingerprint density at radius 3 is 3.00 bits per heavy atom. The number of halogens is 1. The van der Waals surface area contributed by atoms with Crippen molar-refractivity contribution in [3.8, 4) is 0 Å². The fourth-order valence-corrected chi connectivity index (χ4v) is 4.08. The second-order valence-electron chi connectivity index (χ2n) is 7.47. The number of hydrogen-bond acceptors (Lipinski definition) is 3. The van der Waals surface area contributed by atoms with E-state index in [1.807, 2.05) is 25.1 Å². The molecule has 2 saturated heterocycles. The molecule has 1 unspecified atom stereocenters. The van der Waals surface area contributed by atoms with Crippen LogP contribution in [0.3, 0.4) is 0 Å². The molecule has 1 aromatic carbocycles. The minimum absolute atomic E-state index is 0.0158. The second-order valence-corrected chi connectivity index (χ2v) is 8.38. The fourth-order valence-electron chi connectivity index (χ4n) is 3.72. The van der Waals surface area contributed by atoms with E-state index in [-0.39, 0.29) is 5.91 Å². The molecule has 2 N–H and O–H groups in total. The van der Waals surface area contributed by atoms with E-state index in [0.29, 0.717) is 18.4 Å². The van der Waals surface area contributed by atoms with Crippen LogP contribution in [-0.4, -0.2) is 56.2 Å². The average molecular weight is 437 g/mol. The van der Waals surface area contributed by atoms with Crippen molar-refractivity contribution in [2.45, 2.75) is 33.1 Å². The van der Waals surface area contributed by atoms with Gasteiger partial charge in [0.2, 0.25) is 5.91 Å².